The lowest BCUT2D eigenvalue weighted by molar-refractivity contribution is -0.221. The summed E-state index contributed by atoms with van der Waals surface area (Å²) < 4.78 is 79.1. The molecule has 124 valence electrons. The number of aryl methyl sites for hydroxylation is 1. The first-order valence-corrected chi connectivity index (χ1v) is 6.47. The molecular weight excluding hydrogens is 316 g/mol. The quantitative estimate of drug-likeness (QED) is 0.800. The van der Waals surface area contributed by atoms with Crippen LogP contribution in [-0.4, -0.2) is 48.1 Å². The highest BCUT2D eigenvalue weighted by Crippen LogP contribution is 2.27. The number of aromatic nitrogens is 2. The van der Waals surface area contributed by atoms with Gasteiger partial charge in [-0.05, 0) is 12.5 Å². The second kappa shape index (κ2) is 6.27. The zero-order valence-electron chi connectivity index (χ0n) is 11.3. The van der Waals surface area contributed by atoms with Crippen LogP contribution >= 0.6 is 0 Å². The van der Waals surface area contributed by atoms with Gasteiger partial charge in [-0.1, -0.05) is 0 Å². The first-order valence-electron chi connectivity index (χ1n) is 6.47. The summed E-state index contributed by atoms with van der Waals surface area (Å²) in [5.41, 5.74) is 0.136. The molecule has 0 amide bonds. The molecule has 0 aliphatic carbocycles. The Hall–Kier alpha value is -1.58. The first kappa shape index (κ1) is 16.8. The minimum atomic E-state index is -4.51. The molecule has 1 saturated heterocycles. The number of ether oxygens (including phenoxy) is 1. The number of alkyl halides is 6. The highest BCUT2D eigenvalue weighted by molar-refractivity contribution is 5.31. The molecule has 10 heteroatoms. The third kappa shape index (κ3) is 4.72. The van der Waals surface area contributed by atoms with Gasteiger partial charge in [-0.3, -0.25) is 0 Å². The fourth-order valence-electron chi connectivity index (χ4n) is 1.97. The highest BCUT2D eigenvalue weighted by Gasteiger charge is 2.43. The van der Waals surface area contributed by atoms with Gasteiger partial charge in [0, 0.05) is 24.9 Å². The predicted octanol–water partition coefficient (Wildman–Crippen LogP) is 2.74. The Bertz CT molecular complexity index is 504. The van der Waals surface area contributed by atoms with E-state index in [1.54, 1.807) is 0 Å². The van der Waals surface area contributed by atoms with Gasteiger partial charge in [0.25, 0.3) is 0 Å². The second-order valence-electron chi connectivity index (χ2n) is 4.81. The van der Waals surface area contributed by atoms with Crippen LogP contribution in [0.1, 0.15) is 12.1 Å². The van der Waals surface area contributed by atoms with E-state index < -0.39 is 31.4 Å². The van der Waals surface area contributed by atoms with E-state index in [1.807, 2.05) is 0 Å². The molecule has 2 rings (SSSR count). The van der Waals surface area contributed by atoms with Crippen molar-refractivity contribution in [2.24, 2.45) is 0 Å². The molecule has 0 N–H and O–H groups in total. The van der Waals surface area contributed by atoms with Crippen molar-refractivity contribution in [1.29, 1.82) is 0 Å². The summed E-state index contributed by atoms with van der Waals surface area (Å²) in [6.07, 6.45) is -10.9. The van der Waals surface area contributed by atoms with Gasteiger partial charge in [-0.25, -0.2) is 9.97 Å². The fourth-order valence-corrected chi connectivity index (χ4v) is 1.97. The van der Waals surface area contributed by atoms with Crippen LogP contribution < -0.4 is 4.90 Å². The smallest absolute Gasteiger partial charge is 0.365 e. The zero-order chi connectivity index (χ0) is 16.4. The summed E-state index contributed by atoms with van der Waals surface area (Å²) in [7, 11) is 0. The van der Waals surface area contributed by atoms with E-state index in [0.29, 0.717) is 0 Å². The maximum atomic E-state index is 12.6. The Labute approximate surface area is 122 Å². The number of hydrogen-bond donors (Lipinski definition) is 0. The third-order valence-electron chi connectivity index (χ3n) is 3.08. The lowest BCUT2D eigenvalue weighted by atomic mass is 10.2. The van der Waals surface area contributed by atoms with Crippen molar-refractivity contribution in [1.82, 2.24) is 9.97 Å². The van der Waals surface area contributed by atoms with E-state index in [2.05, 4.69) is 14.7 Å². The van der Waals surface area contributed by atoms with Gasteiger partial charge < -0.3 is 9.64 Å². The summed E-state index contributed by atoms with van der Waals surface area (Å²) in [6, 6.07) is 1.32. The Morgan fingerprint density at radius 3 is 2.59 bits per heavy atom. The van der Waals surface area contributed by atoms with E-state index in [0.717, 1.165) is 0 Å². The van der Waals surface area contributed by atoms with E-state index >= 15 is 0 Å². The minimum Gasteiger partial charge on any atom is -0.365 e. The molecule has 0 aromatic carbocycles. The van der Waals surface area contributed by atoms with Crippen molar-refractivity contribution in [2.45, 2.75) is 31.3 Å². The van der Waals surface area contributed by atoms with Gasteiger partial charge >= 0.3 is 12.4 Å². The van der Waals surface area contributed by atoms with Gasteiger partial charge in [0.05, 0.1) is 13.2 Å². The first-order chi connectivity index (χ1) is 10.1. The summed E-state index contributed by atoms with van der Waals surface area (Å²) in [5, 5.41) is 0. The standard InChI is InChI=1S/C12H13F6N3O/c13-11(14,15)3-1-8-2-4-19-10(20-8)21-5-6-22-9(7-21)12(16,17)18/h2,4,9H,1,3,5-7H2. The number of anilines is 1. The monoisotopic (exact) mass is 329 g/mol. The lowest BCUT2D eigenvalue weighted by Gasteiger charge is -2.33. The Morgan fingerprint density at radius 1 is 1.23 bits per heavy atom. The second-order valence-corrected chi connectivity index (χ2v) is 4.81. The number of morpholine rings is 1. The molecule has 1 unspecified atom stereocenters. The average molecular weight is 329 g/mol. The van der Waals surface area contributed by atoms with E-state index in [9.17, 15) is 26.3 Å². The zero-order valence-corrected chi connectivity index (χ0v) is 11.3. The van der Waals surface area contributed by atoms with Crippen LogP contribution in [0.4, 0.5) is 32.3 Å². The number of hydrogen-bond acceptors (Lipinski definition) is 4. The lowest BCUT2D eigenvalue weighted by Crippen LogP contribution is -2.49. The van der Waals surface area contributed by atoms with Crippen LogP contribution in [0.25, 0.3) is 0 Å². The van der Waals surface area contributed by atoms with Gasteiger partial charge in [-0.2, -0.15) is 26.3 Å². The van der Waals surface area contributed by atoms with Crippen molar-refractivity contribution >= 4 is 5.95 Å². The molecular formula is C12H13F6N3O. The maximum absolute atomic E-state index is 12.6. The summed E-state index contributed by atoms with van der Waals surface area (Å²) in [4.78, 5) is 9.01. The molecule has 0 saturated carbocycles. The highest BCUT2D eigenvalue weighted by atomic mass is 19.4. The molecule has 1 fully saturated rings. The van der Waals surface area contributed by atoms with Gasteiger partial charge in [0.15, 0.2) is 6.10 Å². The van der Waals surface area contributed by atoms with Crippen LogP contribution in [0.2, 0.25) is 0 Å². The topological polar surface area (TPSA) is 38.2 Å². The average Bonchev–Trinajstić information content (AvgIpc) is 2.44. The molecule has 2 heterocycles. The number of nitrogens with zero attached hydrogens (tertiary/aromatic N) is 3. The minimum absolute atomic E-state index is 0.0165. The van der Waals surface area contributed by atoms with E-state index in [4.69, 9.17) is 0 Å². The van der Waals surface area contributed by atoms with Crippen LogP contribution in [0, 0.1) is 0 Å². The van der Waals surface area contributed by atoms with Crippen molar-refractivity contribution < 1.29 is 31.1 Å². The molecule has 22 heavy (non-hydrogen) atoms. The Balaban J connectivity index is 2.05. The molecule has 0 bridgehead atoms. The fraction of sp³-hybridized carbons (Fsp3) is 0.667. The van der Waals surface area contributed by atoms with E-state index in [-0.39, 0.29) is 31.2 Å². The molecule has 1 aromatic heterocycles. The Kier molecular flexibility index (Phi) is 4.78. The summed E-state index contributed by atoms with van der Waals surface area (Å²) in [5.74, 6) is -0.0165. The molecule has 1 atom stereocenters. The van der Waals surface area contributed by atoms with Gasteiger partial charge in [-0.15, -0.1) is 0 Å². The van der Waals surface area contributed by atoms with E-state index in [1.165, 1.54) is 17.2 Å². The number of rotatable bonds is 3. The van der Waals surface area contributed by atoms with Gasteiger partial charge in [0.1, 0.15) is 0 Å². The molecule has 1 aliphatic rings. The third-order valence-corrected chi connectivity index (χ3v) is 3.08. The van der Waals surface area contributed by atoms with Crippen LogP contribution in [-0.2, 0) is 11.2 Å². The van der Waals surface area contributed by atoms with Gasteiger partial charge in [0.2, 0.25) is 5.95 Å². The SMILES string of the molecule is FC(F)(F)CCc1ccnc(N2CCOC(C(F)(F)F)C2)n1. The molecule has 1 aliphatic heterocycles. The largest absolute Gasteiger partial charge is 0.416 e. The Morgan fingerprint density at radius 2 is 1.95 bits per heavy atom. The molecule has 4 nitrogen and oxygen atoms in total. The van der Waals surface area contributed by atoms with Crippen LogP contribution in [0.15, 0.2) is 12.3 Å². The van der Waals surface area contributed by atoms with Crippen molar-refractivity contribution in [3.05, 3.63) is 18.0 Å². The van der Waals surface area contributed by atoms with Crippen molar-refractivity contribution in [3.8, 4) is 0 Å². The molecule has 0 spiro atoms. The normalized spacial score (nSPS) is 20.3. The predicted molar refractivity (Wildman–Crippen MR) is 64.4 cm³/mol. The van der Waals surface area contributed by atoms with Crippen molar-refractivity contribution in [2.75, 3.05) is 24.6 Å². The van der Waals surface area contributed by atoms with Crippen molar-refractivity contribution in [3.63, 3.8) is 0 Å². The van der Waals surface area contributed by atoms with Crippen LogP contribution in [0.5, 0.6) is 0 Å². The molecule has 1 aromatic rings. The number of halogens is 6. The summed E-state index contributed by atoms with van der Waals surface area (Å²) >= 11 is 0. The molecule has 0 radical (unpaired) electrons. The maximum Gasteiger partial charge on any atom is 0.416 e. The van der Waals surface area contributed by atoms with Crippen LogP contribution in [0.3, 0.4) is 0 Å². The summed E-state index contributed by atoms with van der Waals surface area (Å²) in [6.45, 7) is -0.484.